The number of ether oxygens (including phenoxy) is 2. The maximum Gasteiger partial charge on any atom is 0.294 e. The molecule has 0 aliphatic heterocycles. The van der Waals surface area contributed by atoms with Gasteiger partial charge in [-0.15, -0.1) is 0 Å². The first-order valence-corrected chi connectivity index (χ1v) is 7.36. The third-order valence-electron chi connectivity index (χ3n) is 3.46. The summed E-state index contributed by atoms with van der Waals surface area (Å²) in [7, 11) is 3.03. The van der Waals surface area contributed by atoms with Gasteiger partial charge in [0.2, 0.25) is 5.76 Å². The van der Waals surface area contributed by atoms with Crippen LogP contribution in [0.3, 0.4) is 0 Å². The third-order valence-corrected chi connectivity index (χ3v) is 3.46. The summed E-state index contributed by atoms with van der Waals surface area (Å²) < 4.78 is 28.7. The smallest absolute Gasteiger partial charge is 0.294 e. The highest BCUT2D eigenvalue weighted by Gasteiger charge is 2.15. The molecule has 1 amide bonds. The Morgan fingerprint density at radius 3 is 2.44 bits per heavy atom. The van der Waals surface area contributed by atoms with Crippen molar-refractivity contribution in [3.63, 3.8) is 0 Å². The lowest BCUT2D eigenvalue weighted by atomic mass is 10.1. The summed E-state index contributed by atoms with van der Waals surface area (Å²) >= 11 is 0. The Hall–Kier alpha value is -3.35. The lowest BCUT2D eigenvalue weighted by Gasteiger charge is -2.08. The summed E-state index contributed by atoms with van der Waals surface area (Å²) in [5.74, 6) is 0.182. The molecular formula is C18H15FN2O4. The molecule has 3 aromatic rings. The lowest BCUT2D eigenvalue weighted by Crippen LogP contribution is -2.11. The zero-order valence-electron chi connectivity index (χ0n) is 13.6. The minimum Gasteiger partial charge on any atom is -0.497 e. The quantitative estimate of drug-likeness (QED) is 0.764. The van der Waals surface area contributed by atoms with E-state index in [0.717, 1.165) is 0 Å². The van der Waals surface area contributed by atoms with E-state index in [1.54, 1.807) is 30.3 Å². The van der Waals surface area contributed by atoms with Crippen molar-refractivity contribution in [2.75, 3.05) is 19.5 Å². The van der Waals surface area contributed by atoms with Crippen LogP contribution in [0.5, 0.6) is 11.5 Å². The summed E-state index contributed by atoms with van der Waals surface area (Å²) in [5.41, 5.74) is 1.36. The summed E-state index contributed by atoms with van der Waals surface area (Å²) in [6.07, 6.45) is 0. The second kappa shape index (κ2) is 7.04. The monoisotopic (exact) mass is 342 g/mol. The molecule has 0 atom stereocenters. The number of amides is 1. The highest BCUT2D eigenvalue weighted by molar-refractivity contribution is 6.03. The van der Waals surface area contributed by atoms with Crippen molar-refractivity contribution >= 4 is 11.6 Å². The number of nitrogens with one attached hydrogen (secondary N) is 1. The zero-order valence-corrected chi connectivity index (χ0v) is 13.6. The van der Waals surface area contributed by atoms with E-state index >= 15 is 0 Å². The Labute approximate surface area is 143 Å². The SMILES string of the molecule is COc1cc(NC(=O)c2cc(-c3cccc(F)c3)no2)cc(OC)c1. The molecular weight excluding hydrogens is 327 g/mol. The van der Waals surface area contributed by atoms with E-state index in [2.05, 4.69) is 10.5 Å². The molecule has 1 aromatic heterocycles. The van der Waals surface area contributed by atoms with E-state index < -0.39 is 11.7 Å². The van der Waals surface area contributed by atoms with Gasteiger partial charge in [-0.05, 0) is 12.1 Å². The number of aromatic nitrogens is 1. The number of nitrogens with zero attached hydrogens (tertiary/aromatic N) is 1. The minimum absolute atomic E-state index is 0.000970. The van der Waals surface area contributed by atoms with Gasteiger partial charge in [-0.1, -0.05) is 17.3 Å². The van der Waals surface area contributed by atoms with Gasteiger partial charge in [0.05, 0.1) is 14.2 Å². The molecule has 0 unspecified atom stereocenters. The molecule has 0 saturated heterocycles. The molecule has 6 nitrogen and oxygen atoms in total. The van der Waals surface area contributed by atoms with E-state index in [1.165, 1.54) is 32.4 Å². The van der Waals surface area contributed by atoms with Crippen LogP contribution < -0.4 is 14.8 Å². The summed E-state index contributed by atoms with van der Waals surface area (Å²) in [6, 6.07) is 12.3. The number of hydrogen-bond acceptors (Lipinski definition) is 5. The van der Waals surface area contributed by atoms with Gasteiger partial charge in [-0.3, -0.25) is 4.79 Å². The lowest BCUT2D eigenvalue weighted by molar-refractivity contribution is 0.0988. The molecule has 25 heavy (non-hydrogen) atoms. The van der Waals surface area contributed by atoms with Crippen LogP contribution >= 0.6 is 0 Å². The fourth-order valence-corrected chi connectivity index (χ4v) is 2.24. The van der Waals surface area contributed by atoms with E-state index in [9.17, 15) is 9.18 Å². The van der Waals surface area contributed by atoms with Gasteiger partial charge >= 0.3 is 0 Å². The molecule has 2 aromatic carbocycles. The summed E-state index contributed by atoms with van der Waals surface area (Å²) in [6.45, 7) is 0. The maximum atomic E-state index is 13.3. The number of halogens is 1. The molecule has 1 heterocycles. The highest BCUT2D eigenvalue weighted by Crippen LogP contribution is 2.26. The van der Waals surface area contributed by atoms with Gasteiger partial charge < -0.3 is 19.3 Å². The zero-order chi connectivity index (χ0) is 17.8. The van der Waals surface area contributed by atoms with Crippen LogP contribution in [-0.2, 0) is 0 Å². The maximum absolute atomic E-state index is 13.3. The molecule has 0 bridgehead atoms. The molecule has 0 spiro atoms. The Bertz CT molecular complexity index is 885. The largest absolute Gasteiger partial charge is 0.497 e. The average Bonchev–Trinajstić information content (AvgIpc) is 3.11. The van der Waals surface area contributed by atoms with Crippen molar-refractivity contribution < 1.29 is 23.2 Å². The van der Waals surface area contributed by atoms with Crippen molar-refractivity contribution in [1.82, 2.24) is 5.16 Å². The molecule has 128 valence electrons. The Kier molecular flexibility index (Phi) is 4.65. The average molecular weight is 342 g/mol. The van der Waals surface area contributed by atoms with Crippen LogP contribution in [0.1, 0.15) is 10.6 Å². The van der Waals surface area contributed by atoms with E-state index in [4.69, 9.17) is 14.0 Å². The normalized spacial score (nSPS) is 10.4. The Morgan fingerprint density at radius 1 is 1.08 bits per heavy atom. The van der Waals surface area contributed by atoms with Crippen molar-refractivity contribution in [1.29, 1.82) is 0 Å². The molecule has 0 saturated carbocycles. The topological polar surface area (TPSA) is 73.6 Å². The molecule has 3 rings (SSSR count). The number of methoxy groups -OCH3 is 2. The fraction of sp³-hybridized carbons (Fsp3) is 0.111. The number of carbonyl (C=O) groups is 1. The predicted octanol–water partition coefficient (Wildman–Crippen LogP) is 3.75. The summed E-state index contributed by atoms with van der Waals surface area (Å²) in [5, 5.41) is 6.48. The van der Waals surface area contributed by atoms with Crippen LogP contribution in [0.4, 0.5) is 10.1 Å². The van der Waals surface area contributed by atoms with Crippen LogP contribution in [0, 0.1) is 5.82 Å². The number of hydrogen-bond donors (Lipinski definition) is 1. The van der Waals surface area contributed by atoms with Crippen LogP contribution in [0.2, 0.25) is 0 Å². The number of anilines is 1. The highest BCUT2D eigenvalue weighted by atomic mass is 19.1. The first-order chi connectivity index (χ1) is 12.1. The van der Waals surface area contributed by atoms with Gasteiger partial charge in [-0.25, -0.2) is 4.39 Å². The fourth-order valence-electron chi connectivity index (χ4n) is 2.24. The van der Waals surface area contributed by atoms with Gasteiger partial charge in [0.15, 0.2) is 0 Å². The van der Waals surface area contributed by atoms with E-state index in [1.807, 2.05) is 0 Å². The molecule has 0 fully saturated rings. The van der Waals surface area contributed by atoms with Crippen LogP contribution in [0.15, 0.2) is 53.1 Å². The number of rotatable bonds is 5. The third kappa shape index (κ3) is 3.77. The standard InChI is InChI=1S/C18H15FN2O4/c1-23-14-7-13(8-15(9-14)24-2)20-18(22)17-10-16(21-25-17)11-4-3-5-12(19)6-11/h3-10H,1-2H3,(H,20,22). The van der Waals surface area contributed by atoms with Crippen LogP contribution in [0.25, 0.3) is 11.3 Å². The molecule has 1 N–H and O–H groups in total. The van der Waals surface area contributed by atoms with Crippen molar-refractivity contribution in [3.8, 4) is 22.8 Å². The van der Waals surface area contributed by atoms with E-state index in [0.29, 0.717) is 28.4 Å². The Balaban J connectivity index is 1.80. The van der Waals surface area contributed by atoms with Crippen molar-refractivity contribution in [2.24, 2.45) is 0 Å². The second-order valence-corrected chi connectivity index (χ2v) is 5.14. The molecule has 7 heteroatoms. The van der Waals surface area contributed by atoms with Gasteiger partial charge in [0, 0.05) is 35.5 Å². The van der Waals surface area contributed by atoms with Gasteiger partial charge in [0.1, 0.15) is 23.0 Å². The Morgan fingerprint density at radius 2 is 1.80 bits per heavy atom. The van der Waals surface area contributed by atoms with Crippen molar-refractivity contribution in [2.45, 2.75) is 0 Å². The number of benzene rings is 2. The number of carbonyl (C=O) groups excluding carboxylic acids is 1. The first kappa shape index (κ1) is 16.5. The van der Waals surface area contributed by atoms with Gasteiger partial charge in [0.25, 0.3) is 5.91 Å². The van der Waals surface area contributed by atoms with Crippen LogP contribution in [-0.4, -0.2) is 25.3 Å². The molecule has 0 radical (unpaired) electrons. The summed E-state index contributed by atoms with van der Waals surface area (Å²) in [4.78, 5) is 12.3. The molecule has 0 aliphatic carbocycles. The van der Waals surface area contributed by atoms with Crippen molar-refractivity contribution in [3.05, 3.63) is 60.1 Å². The minimum atomic E-state index is -0.495. The predicted molar refractivity (Wildman–Crippen MR) is 89.4 cm³/mol. The van der Waals surface area contributed by atoms with E-state index in [-0.39, 0.29) is 5.76 Å². The second-order valence-electron chi connectivity index (χ2n) is 5.14. The van der Waals surface area contributed by atoms with Gasteiger partial charge in [-0.2, -0.15) is 0 Å². The molecule has 0 aliphatic rings. The first-order valence-electron chi connectivity index (χ1n) is 7.36.